The van der Waals surface area contributed by atoms with Gasteiger partial charge in [0, 0.05) is 6.20 Å². The second-order valence-electron chi connectivity index (χ2n) is 3.70. The molecule has 94 valence electrons. The normalized spacial score (nSPS) is 10.6. The van der Waals surface area contributed by atoms with E-state index in [0.717, 1.165) is 11.0 Å². The average molecular weight is 337 g/mol. The Bertz CT molecular complexity index is 751. The van der Waals surface area contributed by atoms with E-state index in [4.69, 9.17) is 16.3 Å². The van der Waals surface area contributed by atoms with Crippen molar-refractivity contribution in [2.45, 2.75) is 0 Å². The molecule has 2 aromatic heterocycles. The molecule has 0 aliphatic rings. The molecule has 0 amide bonds. The Morgan fingerprint density at radius 1 is 1.00 bits per heavy atom. The molecular weight excluding hydrogens is 330 g/mol. The van der Waals surface area contributed by atoms with Gasteiger partial charge >= 0.3 is 0 Å². The molecule has 0 saturated heterocycles. The highest BCUT2D eigenvalue weighted by Gasteiger charge is 2.11. The van der Waals surface area contributed by atoms with Gasteiger partial charge in [-0.25, -0.2) is 15.0 Å². The molecule has 2 heterocycles. The van der Waals surface area contributed by atoms with Gasteiger partial charge in [0.2, 0.25) is 0 Å². The highest BCUT2D eigenvalue weighted by molar-refractivity contribution is 9.10. The maximum absolute atomic E-state index is 6.07. The predicted octanol–water partition coefficient (Wildman–Crippen LogP) is 4.23. The van der Waals surface area contributed by atoms with Crippen molar-refractivity contribution in [1.29, 1.82) is 0 Å². The SMILES string of the molecule is Clc1nc2ccccc2nc1Oc1cccnc1Br. The van der Waals surface area contributed by atoms with Crippen molar-refractivity contribution in [3.8, 4) is 11.6 Å². The van der Waals surface area contributed by atoms with Gasteiger partial charge in [-0.05, 0) is 40.2 Å². The van der Waals surface area contributed by atoms with Crippen LogP contribution in [0.2, 0.25) is 5.15 Å². The Labute approximate surface area is 122 Å². The quantitative estimate of drug-likeness (QED) is 0.657. The lowest BCUT2D eigenvalue weighted by atomic mass is 10.3. The van der Waals surface area contributed by atoms with Crippen molar-refractivity contribution in [2.24, 2.45) is 0 Å². The average Bonchev–Trinajstić information content (AvgIpc) is 2.42. The van der Waals surface area contributed by atoms with Gasteiger partial charge in [0.1, 0.15) is 4.60 Å². The maximum atomic E-state index is 6.07. The summed E-state index contributed by atoms with van der Waals surface area (Å²) in [4.78, 5) is 12.7. The van der Waals surface area contributed by atoms with E-state index in [1.165, 1.54) is 0 Å². The number of benzene rings is 1. The van der Waals surface area contributed by atoms with Gasteiger partial charge in [0.15, 0.2) is 10.9 Å². The number of aromatic nitrogens is 3. The van der Waals surface area contributed by atoms with Crippen LogP contribution >= 0.6 is 27.5 Å². The van der Waals surface area contributed by atoms with Gasteiger partial charge in [-0.15, -0.1) is 0 Å². The van der Waals surface area contributed by atoms with Gasteiger partial charge in [-0.1, -0.05) is 23.7 Å². The summed E-state index contributed by atoms with van der Waals surface area (Å²) in [5, 5.41) is 0.217. The molecule has 0 atom stereocenters. The first kappa shape index (κ1) is 12.3. The molecule has 3 rings (SSSR count). The molecule has 6 heteroatoms. The van der Waals surface area contributed by atoms with Crippen LogP contribution in [0.15, 0.2) is 47.2 Å². The first-order chi connectivity index (χ1) is 9.24. The van der Waals surface area contributed by atoms with Crippen LogP contribution in [0, 0.1) is 0 Å². The lowest BCUT2D eigenvalue weighted by molar-refractivity contribution is 0.457. The van der Waals surface area contributed by atoms with Crippen LogP contribution < -0.4 is 4.74 Å². The standard InChI is InChI=1S/C13H7BrClN3O/c14-11-10(6-3-7-16-11)19-13-12(15)17-8-4-1-2-5-9(8)18-13/h1-7H. The first-order valence-electron chi connectivity index (χ1n) is 5.45. The third-order valence-electron chi connectivity index (χ3n) is 2.43. The molecule has 0 radical (unpaired) electrons. The molecule has 0 saturated carbocycles. The zero-order valence-corrected chi connectivity index (χ0v) is 11.9. The summed E-state index contributed by atoms with van der Waals surface area (Å²) in [5.74, 6) is 0.794. The predicted molar refractivity (Wildman–Crippen MR) is 76.6 cm³/mol. The number of hydrogen-bond donors (Lipinski definition) is 0. The van der Waals surface area contributed by atoms with Crippen LogP contribution in [-0.2, 0) is 0 Å². The van der Waals surface area contributed by atoms with Crippen LogP contribution in [-0.4, -0.2) is 15.0 Å². The molecule has 3 aromatic rings. The molecule has 4 nitrogen and oxygen atoms in total. The van der Waals surface area contributed by atoms with Crippen molar-refractivity contribution < 1.29 is 4.74 Å². The number of hydrogen-bond acceptors (Lipinski definition) is 4. The van der Waals surface area contributed by atoms with Crippen LogP contribution in [0.4, 0.5) is 0 Å². The van der Waals surface area contributed by atoms with E-state index in [-0.39, 0.29) is 11.0 Å². The second-order valence-corrected chi connectivity index (χ2v) is 4.81. The molecule has 19 heavy (non-hydrogen) atoms. The minimum absolute atomic E-state index is 0.217. The lowest BCUT2D eigenvalue weighted by Gasteiger charge is -2.07. The van der Waals surface area contributed by atoms with Gasteiger partial charge in [-0.3, -0.25) is 0 Å². The number of rotatable bonds is 2. The minimum atomic E-state index is 0.217. The highest BCUT2D eigenvalue weighted by Crippen LogP contribution is 2.31. The fourth-order valence-electron chi connectivity index (χ4n) is 1.58. The molecule has 0 aliphatic heterocycles. The number of para-hydroxylation sites is 2. The highest BCUT2D eigenvalue weighted by atomic mass is 79.9. The van der Waals surface area contributed by atoms with Crippen molar-refractivity contribution in [2.75, 3.05) is 0 Å². The summed E-state index contributed by atoms with van der Waals surface area (Å²) in [6.07, 6.45) is 1.66. The van der Waals surface area contributed by atoms with E-state index in [1.807, 2.05) is 24.3 Å². The Morgan fingerprint density at radius 2 is 1.74 bits per heavy atom. The largest absolute Gasteiger partial charge is 0.433 e. The lowest BCUT2D eigenvalue weighted by Crippen LogP contribution is -1.94. The molecule has 1 aromatic carbocycles. The molecule has 0 spiro atoms. The number of nitrogens with zero attached hydrogens (tertiary/aromatic N) is 3. The Balaban J connectivity index is 2.06. The summed E-state index contributed by atoms with van der Waals surface area (Å²) in [5.41, 5.74) is 1.45. The van der Waals surface area contributed by atoms with Gasteiger partial charge in [-0.2, -0.15) is 0 Å². The molecule has 0 N–H and O–H groups in total. The van der Waals surface area contributed by atoms with Crippen LogP contribution in [0.1, 0.15) is 0 Å². The second kappa shape index (κ2) is 5.11. The van der Waals surface area contributed by atoms with Crippen molar-refractivity contribution in [1.82, 2.24) is 15.0 Å². The van der Waals surface area contributed by atoms with E-state index in [0.29, 0.717) is 10.4 Å². The van der Waals surface area contributed by atoms with Crippen molar-refractivity contribution >= 4 is 38.6 Å². The van der Waals surface area contributed by atoms with E-state index in [9.17, 15) is 0 Å². The van der Waals surface area contributed by atoms with E-state index >= 15 is 0 Å². The number of ether oxygens (including phenoxy) is 1. The van der Waals surface area contributed by atoms with Crippen molar-refractivity contribution in [3.63, 3.8) is 0 Å². The fraction of sp³-hybridized carbons (Fsp3) is 0. The zero-order valence-electron chi connectivity index (χ0n) is 9.55. The van der Waals surface area contributed by atoms with E-state index < -0.39 is 0 Å². The van der Waals surface area contributed by atoms with Crippen LogP contribution in [0.3, 0.4) is 0 Å². The summed E-state index contributed by atoms with van der Waals surface area (Å²) < 4.78 is 6.22. The smallest absolute Gasteiger partial charge is 0.258 e. The first-order valence-corrected chi connectivity index (χ1v) is 6.62. The summed E-state index contributed by atoms with van der Waals surface area (Å²) in [7, 11) is 0. The van der Waals surface area contributed by atoms with E-state index in [1.54, 1.807) is 18.3 Å². The minimum Gasteiger partial charge on any atom is -0.433 e. The number of pyridine rings is 1. The third-order valence-corrected chi connectivity index (χ3v) is 3.27. The third kappa shape index (κ3) is 2.52. The molecule has 0 fully saturated rings. The van der Waals surface area contributed by atoms with Crippen LogP contribution in [0.5, 0.6) is 11.6 Å². The molecular formula is C13H7BrClN3O. The molecule has 0 unspecified atom stereocenters. The topological polar surface area (TPSA) is 47.9 Å². The van der Waals surface area contributed by atoms with E-state index in [2.05, 4.69) is 30.9 Å². The van der Waals surface area contributed by atoms with Crippen LogP contribution in [0.25, 0.3) is 11.0 Å². The van der Waals surface area contributed by atoms with Gasteiger partial charge < -0.3 is 4.74 Å². The Morgan fingerprint density at radius 3 is 2.47 bits per heavy atom. The van der Waals surface area contributed by atoms with Gasteiger partial charge in [0.05, 0.1) is 11.0 Å². The van der Waals surface area contributed by atoms with Crippen molar-refractivity contribution in [3.05, 3.63) is 52.4 Å². The molecule has 0 aliphatic carbocycles. The molecule has 0 bridgehead atoms. The maximum Gasteiger partial charge on any atom is 0.258 e. The van der Waals surface area contributed by atoms with Gasteiger partial charge in [0.25, 0.3) is 5.88 Å². The fourth-order valence-corrected chi connectivity index (χ4v) is 2.08. The monoisotopic (exact) mass is 335 g/mol. The Kier molecular flexibility index (Phi) is 3.31. The number of fused-ring (bicyclic) bond motifs is 1. The Hall–Kier alpha value is -1.72. The number of halogens is 2. The summed E-state index contributed by atoms with van der Waals surface area (Å²) in [6, 6.07) is 11.0. The summed E-state index contributed by atoms with van der Waals surface area (Å²) >= 11 is 9.37. The summed E-state index contributed by atoms with van der Waals surface area (Å²) in [6.45, 7) is 0. The zero-order chi connectivity index (χ0) is 13.2.